The Morgan fingerprint density at radius 1 is 1.45 bits per heavy atom. The first kappa shape index (κ1) is 14.5. The number of nitrogens with zero attached hydrogens (tertiary/aromatic N) is 1. The highest BCUT2D eigenvalue weighted by Gasteiger charge is 2.28. The highest BCUT2D eigenvalue weighted by molar-refractivity contribution is 9.10. The molecule has 2 rings (SSSR count). The first-order valence-corrected chi connectivity index (χ1v) is 7.65. The third-order valence-electron chi connectivity index (χ3n) is 2.44. The van der Waals surface area contributed by atoms with Gasteiger partial charge in [0.1, 0.15) is 4.90 Å². The number of nitrogens with one attached hydrogen (secondary N) is 2. The molecule has 0 amide bonds. The number of aromatic amines is 1. The normalized spacial score (nSPS) is 11.3. The Labute approximate surface area is 123 Å². The molecule has 2 aromatic rings. The molecule has 20 heavy (non-hydrogen) atoms. The molecule has 0 radical (unpaired) electrons. The van der Waals surface area contributed by atoms with Crippen LogP contribution < -0.4 is 4.72 Å². The molecule has 0 saturated carbocycles. The minimum atomic E-state index is -4.04. The number of carboxylic acid groups (broad SMARTS) is 1. The molecule has 106 valence electrons. The SMILES string of the molecule is Cc1[nH]nc(C(=O)O)c1S(=O)(=O)Nc1cccc(Br)c1. The van der Waals surface area contributed by atoms with Crippen molar-refractivity contribution in [3.8, 4) is 0 Å². The van der Waals surface area contributed by atoms with Crippen LogP contribution in [-0.2, 0) is 10.0 Å². The van der Waals surface area contributed by atoms with E-state index >= 15 is 0 Å². The maximum absolute atomic E-state index is 12.3. The number of aromatic nitrogens is 2. The van der Waals surface area contributed by atoms with Crippen LogP contribution in [0.25, 0.3) is 0 Å². The van der Waals surface area contributed by atoms with Crippen molar-refractivity contribution in [2.75, 3.05) is 4.72 Å². The van der Waals surface area contributed by atoms with Crippen molar-refractivity contribution < 1.29 is 18.3 Å². The Balaban J connectivity index is 2.46. The first-order valence-electron chi connectivity index (χ1n) is 5.38. The monoisotopic (exact) mass is 359 g/mol. The molecule has 0 aliphatic heterocycles. The lowest BCUT2D eigenvalue weighted by Crippen LogP contribution is -2.17. The third kappa shape index (κ3) is 2.83. The van der Waals surface area contributed by atoms with Crippen LogP contribution in [0.1, 0.15) is 16.2 Å². The van der Waals surface area contributed by atoms with Gasteiger partial charge < -0.3 is 5.11 Å². The number of H-pyrrole nitrogens is 1. The summed E-state index contributed by atoms with van der Waals surface area (Å²) in [6, 6.07) is 6.51. The van der Waals surface area contributed by atoms with E-state index in [0.717, 1.165) is 0 Å². The molecule has 0 spiro atoms. The van der Waals surface area contributed by atoms with Crippen molar-refractivity contribution in [2.45, 2.75) is 11.8 Å². The van der Waals surface area contributed by atoms with E-state index in [4.69, 9.17) is 5.11 Å². The molecular weight excluding hydrogens is 350 g/mol. The lowest BCUT2D eigenvalue weighted by Gasteiger charge is -2.08. The van der Waals surface area contributed by atoms with Gasteiger partial charge in [-0.2, -0.15) is 5.10 Å². The van der Waals surface area contributed by atoms with E-state index in [1.165, 1.54) is 6.92 Å². The van der Waals surface area contributed by atoms with Crippen molar-refractivity contribution >= 4 is 37.6 Å². The minimum Gasteiger partial charge on any atom is -0.476 e. The molecule has 0 unspecified atom stereocenters. The van der Waals surface area contributed by atoms with Gasteiger partial charge >= 0.3 is 5.97 Å². The highest BCUT2D eigenvalue weighted by atomic mass is 79.9. The Morgan fingerprint density at radius 3 is 2.75 bits per heavy atom. The minimum absolute atomic E-state index is 0.157. The molecule has 0 bridgehead atoms. The van der Waals surface area contributed by atoms with Crippen LogP contribution in [0, 0.1) is 6.92 Å². The number of rotatable bonds is 4. The van der Waals surface area contributed by atoms with Gasteiger partial charge in [-0.1, -0.05) is 22.0 Å². The predicted molar refractivity (Wildman–Crippen MR) is 75.2 cm³/mol. The number of benzene rings is 1. The standard InChI is InChI=1S/C11H10BrN3O4S/c1-6-10(9(11(16)17)14-13-6)20(18,19)15-8-4-2-3-7(12)5-8/h2-5,15H,1H3,(H,13,14)(H,16,17). The Hall–Kier alpha value is -1.87. The number of aryl methyl sites for hydroxylation is 1. The largest absolute Gasteiger partial charge is 0.476 e. The molecule has 1 aromatic heterocycles. The predicted octanol–water partition coefficient (Wildman–Crippen LogP) is 1.98. The molecule has 1 aromatic carbocycles. The lowest BCUT2D eigenvalue weighted by atomic mass is 10.3. The number of hydrogen-bond donors (Lipinski definition) is 3. The van der Waals surface area contributed by atoms with Crippen molar-refractivity contribution in [2.24, 2.45) is 0 Å². The van der Waals surface area contributed by atoms with Crippen molar-refractivity contribution in [3.63, 3.8) is 0 Å². The Bertz CT molecular complexity index is 770. The van der Waals surface area contributed by atoms with Crippen LogP contribution in [-0.4, -0.2) is 29.7 Å². The fourth-order valence-electron chi connectivity index (χ4n) is 1.65. The van der Waals surface area contributed by atoms with E-state index in [1.54, 1.807) is 24.3 Å². The second-order valence-electron chi connectivity index (χ2n) is 3.95. The molecule has 0 saturated heterocycles. The van der Waals surface area contributed by atoms with Crippen molar-refractivity contribution in [3.05, 3.63) is 40.1 Å². The summed E-state index contributed by atoms with van der Waals surface area (Å²) in [4.78, 5) is 10.6. The quantitative estimate of drug-likeness (QED) is 0.772. The molecule has 0 fully saturated rings. The zero-order chi connectivity index (χ0) is 14.9. The van der Waals surface area contributed by atoms with E-state index in [2.05, 4.69) is 30.8 Å². The molecule has 0 aliphatic rings. The van der Waals surface area contributed by atoms with Crippen molar-refractivity contribution in [1.29, 1.82) is 0 Å². The van der Waals surface area contributed by atoms with Gasteiger partial charge in [-0.3, -0.25) is 9.82 Å². The van der Waals surface area contributed by atoms with Gasteiger partial charge in [0.2, 0.25) is 0 Å². The van der Waals surface area contributed by atoms with Crippen LogP contribution in [0.15, 0.2) is 33.6 Å². The van der Waals surface area contributed by atoms with Gasteiger partial charge in [-0.05, 0) is 25.1 Å². The number of sulfonamides is 1. The maximum atomic E-state index is 12.3. The number of carbonyl (C=O) groups is 1. The molecule has 0 aliphatic carbocycles. The van der Waals surface area contributed by atoms with Crippen LogP contribution >= 0.6 is 15.9 Å². The molecule has 1 heterocycles. The van der Waals surface area contributed by atoms with Crippen molar-refractivity contribution in [1.82, 2.24) is 10.2 Å². The summed E-state index contributed by atoms with van der Waals surface area (Å²) < 4.78 is 27.6. The number of halogens is 1. The van der Waals surface area contributed by atoms with Crippen LogP contribution in [0.4, 0.5) is 5.69 Å². The van der Waals surface area contributed by atoms with Crippen LogP contribution in [0.2, 0.25) is 0 Å². The summed E-state index contributed by atoms with van der Waals surface area (Å²) in [5.41, 5.74) is -0.0637. The first-order chi connectivity index (χ1) is 9.31. The number of anilines is 1. The van der Waals surface area contributed by atoms with Gasteiger partial charge in [0.15, 0.2) is 5.69 Å². The lowest BCUT2D eigenvalue weighted by molar-refractivity contribution is 0.0686. The van der Waals surface area contributed by atoms with E-state index in [0.29, 0.717) is 10.2 Å². The summed E-state index contributed by atoms with van der Waals surface area (Å²) in [5.74, 6) is -1.41. The summed E-state index contributed by atoms with van der Waals surface area (Å²) in [6.45, 7) is 1.44. The molecule has 9 heteroatoms. The Morgan fingerprint density at radius 2 is 2.15 bits per heavy atom. The van der Waals surface area contributed by atoms with E-state index in [9.17, 15) is 13.2 Å². The fourth-order valence-corrected chi connectivity index (χ4v) is 3.43. The zero-order valence-electron chi connectivity index (χ0n) is 10.2. The van der Waals surface area contributed by atoms with E-state index in [-0.39, 0.29) is 10.6 Å². The third-order valence-corrected chi connectivity index (χ3v) is 4.47. The number of aromatic carboxylic acids is 1. The number of hydrogen-bond acceptors (Lipinski definition) is 4. The van der Waals surface area contributed by atoms with E-state index in [1.807, 2.05) is 0 Å². The summed E-state index contributed by atoms with van der Waals surface area (Å²) in [5, 5.41) is 14.8. The molecule has 7 nitrogen and oxygen atoms in total. The van der Waals surface area contributed by atoms with Gasteiger partial charge in [0.05, 0.1) is 5.69 Å². The molecular formula is C11H10BrN3O4S. The molecule has 0 atom stereocenters. The smallest absolute Gasteiger partial charge is 0.357 e. The highest BCUT2D eigenvalue weighted by Crippen LogP contribution is 2.23. The summed E-state index contributed by atoms with van der Waals surface area (Å²) in [7, 11) is -4.04. The van der Waals surface area contributed by atoms with Crippen LogP contribution in [0.3, 0.4) is 0 Å². The van der Waals surface area contributed by atoms with Crippen LogP contribution in [0.5, 0.6) is 0 Å². The number of carboxylic acids is 1. The maximum Gasteiger partial charge on any atom is 0.357 e. The average Bonchev–Trinajstić information content (AvgIpc) is 2.71. The summed E-state index contributed by atoms with van der Waals surface area (Å²) in [6.07, 6.45) is 0. The fraction of sp³-hybridized carbons (Fsp3) is 0.0909. The van der Waals surface area contributed by atoms with E-state index < -0.39 is 21.7 Å². The second kappa shape index (κ2) is 5.25. The van der Waals surface area contributed by atoms with Gasteiger partial charge in [-0.15, -0.1) is 0 Å². The zero-order valence-corrected chi connectivity index (χ0v) is 12.6. The Kier molecular flexibility index (Phi) is 3.82. The van der Waals surface area contributed by atoms with Gasteiger partial charge in [0, 0.05) is 10.2 Å². The average molecular weight is 360 g/mol. The summed E-state index contributed by atoms with van der Waals surface area (Å²) >= 11 is 3.22. The second-order valence-corrected chi connectivity index (χ2v) is 6.48. The topological polar surface area (TPSA) is 112 Å². The van der Waals surface area contributed by atoms with Gasteiger partial charge in [0.25, 0.3) is 10.0 Å². The molecule has 3 N–H and O–H groups in total. The van der Waals surface area contributed by atoms with Gasteiger partial charge in [-0.25, -0.2) is 13.2 Å².